The molecule has 2 atom stereocenters. The number of hydrogen-bond acceptors (Lipinski definition) is 1. The molecule has 0 spiro atoms. The van der Waals surface area contributed by atoms with Crippen LogP contribution in [0.5, 0.6) is 0 Å². The molecule has 1 fully saturated rings. The fourth-order valence-corrected chi connectivity index (χ4v) is 3.97. The molecule has 102 valence electrons. The summed E-state index contributed by atoms with van der Waals surface area (Å²) in [7, 11) is 0. The van der Waals surface area contributed by atoms with Gasteiger partial charge in [-0.25, -0.2) is 0 Å². The van der Waals surface area contributed by atoms with Gasteiger partial charge in [-0.15, -0.1) is 0 Å². The van der Waals surface area contributed by atoms with Gasteiger partial charge in [0.05, 0.1) is 0 Å². The van der Waals surface area contributed by atoms with E-state index in [1.807, 2.05) is 0 Å². The lowest BCUT2D eigenvalue weighted by Crippen LogP contribution is -2.03. The van der Waals surface area contributed by atoms with Gasteiger partial charge in [0.15, 0.2) is 5.78 Å². The number of hydrogen-bond donors (Lipinski definition) is 0. The Hall–Kier alpha value is -0.590. The smallest absolute Gasteiger partial charge is 0.159 e. The highest BCUT2D eigenvalue weighted by Gasteiger charge is 2.60. The summed E-state index contributed by atoms with van der Waals surface area (Å²) in [6.07, 6.45) is 8.06. The van der Waals surface area contributed by atoms with Crippen LogP contribution in [0.15, 0.2) is 11.1 Å². The quantitative estimate of drug-likeness (QED) is 0.653. The van der Waals surface area contributed by atoms with Gasteiger partial charge < -0.3 is 0 Å². The Morgan fingerprint density at radius 2 is 1.89 bits per heavy atom. The minimum Gasteiger partial charge on any atom is -0.295 e. The molecule has 18 heavy (non-hydrogen) atoms. The van der Waals surface area contributed by atoms with Gasteiger partial charge in [-0.1, -0.05) is 52.5 Å². The van der Waals surface area contributed by atoms with E-state index in [4.69, 9.17) is 0 Å². The zero-order valence-electron chi connectivity index (χ0n) is 12.5. The molecular weight excluding hydrogens is 220 g/mol. The van der Waals surface area contributed by atoms with Gasteiger partial charge in [0.1, 0.15) is 0 Å². The lowest BCUT2D eigenvalue weighted by molar-refractivity contribution is -0.115. The molecule has 2 unspecified atom stereocenters. The summed E-state index contributed by atoms with van der Waals surface area (Å²) in [5.74, 6) is 1.82. The summed E-state index contributed by atoms with van der Waals surface area (Å²) in [6, 6.07) is 0. The van der Waals surface area contributed by atoms with E-state index < -0.39 is 0 Å². The Labute approximate surface area is 112 Å². The van der Waals surface area contributed by atoms with E-state index in [9.17, 15) is 4.79 Å². The highest BCUT2D eigenvalue weighted by Crippen LogP contribution is 2.65. The Balaban J connectivity index is 2.15. The summed E-state index contributed by atoms with van der Waals surface area (Å²) in [4.78, 5) is 12.2. The second kappa shape index (κ2) is 5.19. The SMILES string of the molecule is CCCCC1C(C2=C(CCC)CCC2=O)C1(C)C. The number of carbonyl (C=O) groups is 1. The second-order valence-electron chi connectivity index (χ2n) is 6.74. The van der Waals surface area contributed by atoms with Crippen LogP contribution < -0.4 is 0 Å². The molecule has 0 aromatic rings. The molecule has 0 bridgehead atoms. The molecule has 1 saturated carbocycles. The zero-order chi connectivity index (χ0) is 13.3. The van der Waals surface area contributed by atoms with E-state index in [-0.39, 0.29) is 0 Å². The first-order chi connectivity index (χ1) is 8.54. The molecule has 0 aliphatic heterocycles. The Bertz CT molecular complexity index is 362. The first-order valence-corrected chi connectivity index (χ1v) is 7.79. The van der Waals surface area contributed by atoms with Crippen LogP contribution in [0.3, 0.4) is 0 Å². The highest BCUT2D eigenvalue weighted by molar-refractivity contribution is 6.00. The largest absolute Gasteiger partial charge is 0.295 e. The molecule has 1 heteroatoms. The van der Waals surface area contributed by atoms with Crippen molar-refractivity contribution in [3.63, 3.8) is 0 Å². The first kappa shape index (κ1) is 13.8. The summed E-state index contributed by atoms with van der Waals surface area (Å²) in [5.41, 5.74) is 3.14. The van der Waals surface area contributed by atoms with E-state index in [2.05, 4.69) is 27.7 Å². The maximum absolute atomic E-state index is 12.2. The third-order valence-electron chi connectivity index (χ3n) is 5.12. The topological polar surface area (TPSA) is 17.1 Å². The molecule has 0 saturated heterocycles. The van der Waals surface area contributed by atoms with E-state index in [1.165, 1.54) is 36.8 Å². The molecule has 2 aliphatic rings. The molecule has 0 heterocycles. The second-order valence-corrected chi connectivity index (χ2v) is 6.74. The lowest BCUT2D eigenvalue weighted by atomic mass is 9.97. The number of rotatable bonds is 6. The van der Waals surface area contributed by atoms with Gasteiger partial charge in [0.2, 0.25) is 0 Å². The van der Waals surface area contributed by atoms with E-state index in [0.717, 1.165) is 25.2 Å². The van der Waals surface area contributed by atoms with Crippen LogP contribution in [-0.2, 0) is 4.79 Å². The average Bonchev–Trinajstić information content (AvgIpc) is 2.64. The number of Topliss-reactive ketones (excluding diaryl/α,β-unsaturated/α-hetero) is 1. The van der Waals surface area contributed by atoms with E-state index in [1.54, 1.807) is 0 Å². The molecule has 1 nitrogen and oxygen atoms in total. The van der Waals surface area contributed by atoms with Gasteiger partial charge >= 0.3 is 0 Å². The van der Waals surface area contributed by atoms with Gasteiger partial charge in [-0.2, -0.15) is 0 Å². The molecular formula is C17H28O. The number of unbranched alkanes of at least 4 members (excludes halogenated alkanes) is 1. The van der Waals surface area contributed by atoms with Crippen LogP contribution in [0.2, 0.25) is 0 Å². The van der Waals surface area contributed by atoms with Crippen molar-refractivity contribution >= 4 is 5.78 Å². The summed E-state index contributed by atoms with van der Waals surface area (Å²) in [6.45, 7) is 9.20. The highest BCUT2D eigenvalue weighted by atomic mass is 16.1. The van der Waals surface area contributed by atoms with Crippen molar-refractivity contribution in [2.45, 2.75) is 72.6 Å². The summed E-state index contributed by atoms with van der Waals surface area (Å²) < 4.78 is 0. The molecule has 0 amide bonds. The predicted molar refractivity (Wildman–Crippen MR) is 76.5 cm³/mol. The van der Waals surface area contributed by atoms with Crippen molar-refractivity contribution in [1.82, 2.24) is 0 Å². The predicted octanol–water partition coefficient (Wildman–Crippen LogP) is 4.91. The molecule has 0 N–H and O–H groups in total. The number of ketones is 1. The molecule has 0 aromatic heterocycles. The summed E-state index contributed by atoms with van der Waals surface area (Å²) in [5, 5.41) is 0. The molecule has 2 aliphatic carbocycles. The fourth-order valence-electron chi connectivity index (χ4n) is 3.97. The fraction of sp³-hybridized carbons (Fsp3) is 0.824. The molecule has 0 radical (unpaired) electrons. The van der Waals surface area contributed by atoms with Crippen molar-refractivity contribution in [2.75, 3.05) is 0 Å². The third-order valence-corrected chi connectivity index (χ3v) is 5.12. The van der Waals surface area contributed by atoms with Crippen molar-refractivity contribution in [1.29, 1.82) is 0 Å². The molecule has 2 rings (SSSR count). The zero-order valence-corrected chi connectivity index (χ0v) is 12.5. The van der Waals surface area contributed by atoms with Crippen LogP contribution in [0.25, 0.3) is 0 Å². The third kappa shape index (κ3) is 2.29. The number of carbonyl (C=O) groups excluding carboxylic acids is 1. The van der Waals surface area contributed by atoms with Crippen LogP contribution in [0.4, 0.5) is 0 Å². The van der Waals surface area contributed by atoms with Crippen molar-refractivity contribution in [2.24, 2.45) is 17.3 Å². The van der Waals surface area contributed by atoms with Gasteiger partial charge in [0, 0.05) is 6.42 Å². The monoisotopic (exact) mass is 248 g/mol. The lowest BCUT2D eigenvalue weighted by Gasteiger charge is -2.07. The van der Waals surface area contributed by atoms with Gasteiger partial charge in [0.25, 0.3) is 0 Å². The Morgan fingerprint density at radius 3 is 2.50 bits per heavy atom. The molecule has 0 aromatic carbocycles. The Morgan fingerprint density at radius 1 is 1.17 bits per heavy atom. The van der Waals surface area contributed by atoms with E-state index in [0.29, 0.717) is 17.1 Å². The van der Waals surface area contributed by atoms with Crippen molar-refractivity contribution in [3.05, 3.63) is 11.1 Å². The summed E-state index contributed by atoms with van der Waals surface area (Å²) >= 11 is 0. The normalized spacial score (nSPS) is 30.1. The van der Waals surface area contributed by atoms with Gasteiger partial charge in [-0.3, -0.25) is 4.79 Å². The minimum atomic E-state index is 0.378. The minimum absolute atomic E-state index is 0.378. The van der Waals surface area contributed by atoms with Crippen molar-refractivity contribution in [3.8, 4) is 0 Å². The van der Waals surface area contributed by atoms with Crippen molar-refractivity contribution < 1.29 is 4.79 Å². The van der Waals surface area contributed by atoms with Crippen LogP contribution in [0.1, 0.15) is 72.6 Å². The van der Waals surface area contributed by atoms with Crippen LogP contribution in [0, 0.1) is 17.3 Å². The Kier molecular flexibility index (Phi) is 3.99. The maximum atomic E-state index is 12.2. The van der Waals surface area contributed by atoms with Crippen LogP contribution >= 0.6 is 0 Å². The maximum Gasteiger partial charge on any atom is 0.159 e. The first-order valence-electron chi connectivity index (χ1n) is 7.79. The van der Waals surface area contributed by atoms with Crippen LogP contribution in [-0.4, -0.2) is 5.78 Å². The van der Waals surface area contributed by atoms with E-state index >= 15 is 0 Å². The standard InChI is InChI=1S/C17H28O/c1-5-7-9-13-16(17(13,3)4)15-12(8-6-2)10-11-14(15)18/h13,16H,5-11H2,1-4H3. The number of allylic oxidation sites excluding steroid dienone is 2. The average molecular weight is 248 g/mol. The van der Waals surface area contributed by atoms with Gasteiger partial charge in [-0.05, 0) is 42.1 Å².